The summed E-state index contributed by atoms with van der Waals surface area (Å²) in [5.74, 6) is 0.661. The van der Waals surface area contributed by atoms with E-state index in [9.17, 15) is 9.90 Å². The van der Waals surface area contributed by atoms with E-state index in [0.29, 0.717) is 12.3 Å². The van der Waals surface area contributed by atoms with Gasteiger partial charge in [-0.2, -0.15) is 0 Å². The molecule has 0 aromatic rings. The summed E-state index contributed by atoms with van der Waals surface area (Å²) in [6, 6.07) is 0. The Morgan fingerprint density at radius 1 is 1.38 bits per heavy atom. The Labute approximate surface area is 79.3 Å². The average molecular weight is 182 g/mol. The van der Waals surface area contributed by atoms with Gasteiger partial charge in [0.2, 0.25) is 0 Å². The molecule has 13 heavy (non-hydrogen) atoms. The lowest BCUT2D eigenvalue weighted by Crippen LogP contribution is -2.62. The number of carbonyl (C=O) groups is 1. The number of rotatable bonds is 0. The average Bonchev–Trinajstić information content (AvgIpc) is 2.06. The lowest BCUT2D eigenvalue weighted by molar-refractivity contribution is -0.181. The van der Waals surface area contributed by atoms with Gasteiger partial charge in [0.15, 0.2) is 0 Å². The summed E-state index contributed by atoms with van der Waals surface area (Å²) in [6.45, 7) is 6.37. The molecule has 0 aromatic carbocycles. The minimum atomic E-state index is -0.415. The predicted molar refractivity (Wildman–Crippen MR) is 50.2 cm³/mol. The summed E-state index contributed by atoms with van der Waals surface area (Å²) in [6.07, 6.45) is 2.11. The van der Waals surface area contributed by atoms with E-state index in [1.807, 2.05) is 6.92 Å². The van der Waals surface area contributed by atoms with Crippen molar-refractivity contribution in [1.29, 1.82) is 0 Å². The monoisotopic (exact) mass is 182 g/mol. The van der Waals surface area contributed by atoms with E-state index in [1.165, 1.54) is 0 Å². The van der Waals surface area contributed by atoms with E-state index in [4.69, 9.17) is 0 Å². The van der Waals surface area contributed by atoms with Crippen LogP contribution in [0.2, 0.25) is 0 Å². The minimum Gasteiger partial charge on any atom is -0.392 e. The van der Waals surface area contributed by atoms with Gasteiger partial charge in [-0.05, 0) is 31.1 Å². The standard InChI is InChI=1S/C11H18O2/c1-10(2)5-4-8(12)11(3)7(10)6-9(11)13/h7-8,12H,4-6H2,1-3H3/t7-,8+,11-/m1/s1. The Balaban J connectivity index is 2.32. The Bertz CT molecular complexity index is 257. The highest BCUT2D eigenvalue weighted by molar-refractivity contribution is 5.92. The normalized spacial score (nSPS) is 48.2. The molecule has 0 radical (unpaired) electrons. The first-order valence-electron chi connectivity index (χ1n) is 5.10. The molecular weight excluding hydrogens is 164 g/mol. The first kappa shape index (κ1) is 9.20. The second-order valence-electron chi connectivity index (χ2n) is 5.51. The summed E-state index contributed by atoms with van der Waals surface area (Å²) in [5.41, 5.74) is -0.177. The lowest BCUT2D eigenvalue weighted by atomic mass is 9.45. The molecule has 0 heterocycles. The Kier molecular flexibility index (Phi) is 1.66. The minimum absolute atomic E-state index is 0.238. The van der Waals surface area contributed by atoms with Gasteiger partial charge in [-0.1, -0.05) is 13.8 Å². The van der Waals surface area contributed by atoms with Gasteiger partial charge in [-0.25, -0.2) is 0 Å². The largest absolute Gasteiger partial charge is 0.392 e. The summed E-state index contributed by atoms with van der Waals surface area (Å²) in [7, 11) is 0. The Morgan fingerprint density at radius 3 is 2.46 bits per heavy atom. The van der Waals surface area contributed by atoms with E-state index >= 15 is 0 Å². The highest BCUT2D eigenvalue weighted by Gasteiger charge is 2.62. The number of aliphatic hydroxyl groups excluding tert-OH is 1. The van der Waals surface area contributed by atoms with E-state index in [0.717, 1.165) is 12.8 Å². The predicted octanol–water partition coefficient (Wildman–Crippen LogP) is 1.76. The molecule has 2 heteroatoms. The highest BCUT2D eigenvalue weighted by Crippen LogP contribution is 2.59. The lowest BCUT2D eigenvalue weighted by Gasteiger charge is -2.59. The molecule has 1 N–H and O–H groups in total. The molecular formula is C11H18O2. The molecule has 2 saturated carbocycles. The summed E-state index contributed by atoms with van der Waals surface area (Å²) in [4.78, 5) is 11.5. The van der Waals surface area contributed by atoms with E-state index < -0.39 is 11.5 Å². The maximum atomic E-state index is 11.5. The second-order valence-corrected chi connectivity index (χ2v) is 5.51. The molecule has 0 aromatic heterocycles. The van der Waals surface area contributed by atoms with E-state index in [2.05, 4.69) is 13.8 Å². The molecule has 2 fully saturated rings. The maximum Gasteiger partial charge on any atom is 0.141 e. The van der Waals surface area contributed by atoms with Crippen LogP contribution in [-0.4, -0.2) is 17.0 Å². The second kappa shape index (κ2) is 2.35. The van der Waals surface area contributed by atoms with Crippen molar-refractivity contribution < 1.29 is 9.90 Å². The van der Waals surface area contributed by atoms with Gasteiger partial charge in [0, 0.05) is 6.42 Å². The summed E-state index contributed by atoms with van der Waals surface area (Å²) in [5, 5.41) is 9.84. The van der Waals surface area contributed by atoms with Crippen LogP contribution in [0.3, 0.4) is 0 Å². The van der Waals surface area contributed by atoms with Crippen LogP contribution < -0.4 is 0 Å². The van der Waals surface area contributed by atoms with E-state index in [1.54, 1.807) is 0 Å². The van der Waals surface area contributed by atoms with Crippen molar-refractivity contribution in [2.45, 2.75) is 46.1 Å². The summed E-state index contributed by atoms with van der Waals surface area (Å²) < 4.78 is 0. The number of ketones is 1. The number of Topliss-reactive ketones (excluding diaryl/α,β-unsaturated/α-hetero) is 1. The SMILES string of the molecule is CC1(C)CC[C@H](O)[C@]2(C)C(=O)C[C@H]12. The topological polar surface area (TPSA) is 37.3 Å². The fourth-order valence-corrected chi connectivity index (χ4v) is 3.17. The first-order valence-corrected chi connectivity index (χ1v) is 5.10. The van der Waals surface area contributed by atoms with Gasteiger partial charge >= 0.3 is 0 Å². The molecule has 2 aliphatic carbocycles. The van der Waals surface area contributed by atoms with Crippen molar-refractivity contribution in [3.8, 4) is 0 Å². The maximum absolute atomic E-state index is 11.5. The van der Waals surface area contributed by atoms with Crippen LogP contribution in [0.4, 0.5) is 0 Å². The third kappa shape index (κ3) is 0.954. The van der Waals surface area contributed by atoms with Gasteiger partial charge in [-0.3, -0.25) is 4.79 Å². The number of fused-ring (bicyclic) bond motifs is 1. The van der Waals surface area contributed by atoms with Crippen molar-refractivity contribution in [2.24, 2.45) is 16.7 Å². The Hall–Kier alpha value is -0.370. The molecule has 2 aliphatic rings. The van der Waals surface area contributed by atoms with Crippen LogP contribution in [0, 0.1) is 16.7 Å². The molecule has 2 rings (SSSR count). The Morgan fingerprint density at radius 2 is 2.00 bits per heavy atom. The van der Waals surface area contributed by atoms with Crippen LogP contribution >= 0.6 is 0 Å². The smallest absolute Gasteiger partial charge is 0.141 e. The van der Waals surface area contributed by atoms with Crippen LogP contribution in [0.15, 0.2) is 0 Å². The molecule has 3 atom stereocenters. The molecule has 74 valence electrons. The number of aliphatic hydroxyl groups is 1. The van der Waals surface area contributed by atoms with Crippen LogP contribution in [0.5, 0.6) is 0 Å². The van der Waals surface area contributed by atoms with Crippen LogP contribution in [0.1, 0.15) is 40.0 Å². The molecule has 0 unspecified atom stereocenters. The third-order valence-electron chi connectivity index (χ3n) is 4.41. The van der Waals surface area contributed by atoms with Crippen molar-refractivity contribution in [3.63, 3.8) is 0 Å². The number of hydrogen-bond acceptors (Lipinski definition) is 2. The fourth-order valence-electron chi connectivity index (χ4n) is 3.17. The fraction of sp³-hybridized carbons (Fsp3) is 0.909. The van der Waals surface area contributed by atoms with Crippen LogP contribution in [0.25, 0.3) is 0 Å². The molecule has 2 nitrogen and oxygen atoms in total. The molecule has 0 spiro atoms. The van der Waals surface area contributed by atoms with Gasteiger partial charge < -0.3 is 5.11 Å². The zero-order valence-electron chi connectivity index (χ0n) is 8.63. The highest BCUT2D eigenvalue weighted by atomic mass is 16.3. The van der Waals surface area contributed by atoms with Crippen molar-refractivity contribution in [3.05, 3.63) is 0 Å². The molecule has 0 saturated heterocycles. The molecule has 0 amide bonds. The zero-order valence-corrected chi connectivity index (χ0v) is 8.63. The van der Waals surface area contributed by atoms with Gasteiger partial charge in [0.25, 0.3) is 0 Å². The van der Waals surface area contributed by atoms with Crippen LogP contribution in [-0.2, 0) is 4.79 Å². The first-order chi connectivity index (χ1) is 5.89. The number of carbonyl (C=O) groups excluding carboxylic acids is 1. The van der Waals surface area contributed by atoms with Crippen molar-refractivity contribution in [2.75, 3.05) is 0 Å². The van der Waals surface area contributed by atoms with Gasteiger partial charge in [0.05, 0.1) is 11.5 Å². The van der Waals surface area contributed by atoms with Gasteiger partial charge in [-0.15, -0.1) is 0 Å². The van der Waals surface area contributed by atoms with Crippen molar-refractivity contribution in [1.82, 2.24) is 0 Å². The molecule has 0 aliphatic heterocycles. The molecule has 0 bridgehead atoms. The quantitative estimate of drug-likeness (QED) is 0.620. The third-order valence-corrected chi connectivity index (χ3v) is 4.41. The van der Waals surface area contributed by atoms with Gasteiger partial charge in [0.1, 0.15) is 5.78 Å². The summed E-state index contributed by atoms with van der Waals surface area (Å²) >= 11 is 0. The number of hydrogen-bond donors (Lipinski definition) is 1. The zero-order chi connectivity index (χ0) is 9.85. The van der Waals surface area contributed by atoms with E-state index in [-0.39, 0.29) is 11.2 Å². The van der Waals surface area contributed by atoms with Crippen molar-refractivity contribution >= 4 is 5.78 Å².